The molecule has 1 aromatic heterocycles. The number of anilines is 2. The van der Waals surface area contributed by atoms with Gasteiger partial charge in [-0.25, -0.2) is 4.39 Å². The van der Waals surface area contributed by atoms with Crippen LogP contribution in [0.3, 0.4) is 0 Å². The van der Waals surface area contributed by atoms with Gasteiger partial charge in [-0.15, -0.1) is 11.3 Å². The first-order valence-corrected chi connectivity index (χ1v) is 11.5. The molecule has 0 amide bonds. The number of nitrogens with one attached hydrogen (secondary N) is 1. The first-order valence-electron chi connectivity index (χ1n) is 10.6. The Kier molecular flexibility index (Phi) is 6.73. The number of hydrogen-bond donors (Lipinski definition) is 1. The van der Waals surface area contributed by atoms with Gasteiger partial charge in [0.2, 0.25) is 0 Å². The maximum Gasteiger partial charge on any atom is 0.159 e. The van der Waals surface area contributed by atoms with Gasteiger partial charge in [-0.2, -0.15) is 0 Å². The zero-order valence-electron chi connectivity index (χ0n) is 18.0. The molecule has 31 heavy (non-hydrogen) atoms. The standard InChI is InChI=1S/C24H28FN3O2S/c1-17(29)18-4-7-23(21(14-18)26-2)30-13-3-8-27-9-11-28(12-10-27)22-16-31-24-15-19(25)5-6-20(22)24/h4-7,14-16,26H,3,8-13H2,1-2H3. The highest BCUT2D eigenvalue weighted by atomic mass is 32.1. The molecule has 0 bridgehead atoms. The van der Waals surface area contributed by atoms with E-state index in [0.29, 0.717) is 12.2 Å². The Bertz CT molecular complexity index is 1060. The summed E-state index contributed by atoms with van der Waals surface area (Å²) < 4.78 is 20.4. The minimum atomic E-state index is -0.176. The Labute approximate surface area is 186 Å². The van der Waals surface area contributed by atoms with Gasteiger partial charge in [-0.05, 0) is 49.7 Å². The number of carbonyl (C=O) groups is 1. The molecule has 1 aliphatic rings. The van der Waals surface area contributed by atoms with Crippen molar-refractivity contribution in [2.24, 2.45) is 0 Å². The lowest BCUT2D eigenvalue weighted by molar-refractivity contribution is 0.101. The normalized spacial score (nSPS) is 14.7. The van der Waals surface area contributed by atoms with Gasteiger partial charge < -0.3 is 15.0 Å². The first-order chi connectivity index (χ1) is 15.0. The van der Waals surface area contributed by atoms with Gasteiger partial charge >= 0.3 is 0 Å². The molecule has 0 aliphatic carbocycles. The van der Waals surface area contributed by atoms with Gasteiger partial charge in [0.15, 0.2) is 5.78 Å². The second-order valence-electron chi connectivity index (χ2n) is 7.81. The highest BCUT2D eigenvalue weighted by molar-refractivity contribution is 7.17. The number of nitrogens with zero attached hydrogens (tertiary/aromatic N) is 2. The zero-order chi connectivity index (χ0) is 21.8. The average molecular weight is 442 g/mol. The number of thiophene rings is 1. The Morgan fingerprint density at radius 2 is 1.97 bits per heavy atom. The third-order valence-corrected chi connectivity index (χ3v) is 6.69. The molecule has 164 valence electrons. The molecule has 7 heteroatoms. The second kappa shape index (κ2) is 9.66. The monoisotopic (exact) mass is 441 g/mol. The van der Waals surface area contributed by atoms with Gasteiger partial charge in [0, 0.05) is 60.8 Å². The predicted molar refractivity (Wildman–Crippen MR) is 127 cm³/mol. The topological polar surface area (TPSA) is 44.8 Å². The average Bonchev–Trinajstić information content (AvgIpc) is 3.20. The minimum Gasteiger partial charge on any atom is -0.491 e. The third kappa shape index (κ3) is 4.99. The molecule has 0 unspecified atom stereocenters. The van der Waals surface area contributed by atoms with Crippen LogP contribution < -0.4 is 15.0 Å². The third-order valence-electron chi connectivity index (χ3n) is 5.76. The molecule has 4 rings (SSSR count). The van der Waals surface area contributed by atoms with Crippen molar-refractivity contribution >= 4 is 38.6 Å². The van der Waals surface area contributed by atoms with Crippen LogP contribution in [0.1, 0.15) is 23.7 Å². The highest BCUT2D eigenvalue weighted by Crippen LogP contribution is 2.34. The van der Waals surface area contributed by atoms with Gasteiger partial charge in [-0.1, -0.05) is 0 Å². The number of fused-ring (bicyclic) bond motifs is 1. The van der Waals surface area contributed by atoms with Crippen molar-refractivity contribution in [3.05, 3.63) is 53.2 Å². The van der Waals surface area contributed by atoms with E-state index in [1.165, 1.54) is 5.69 Å². The fraction of sp³-hybridized carbons (Fsp3) is 0.375. The lowest BCUT2D eigenvalue weighted by Crippen LogP contribution is -2.46. The predicted octanol–water partition coefficient (Wildman–Crippen LogP) is 4.88. The van der Waals surface area contributed by atoms with Gasteiger partial charge in [0.25, 0.3) is 0 Å². The fourth-order valence-electron chi connectivity index (χ4n) is 3.99. The van der Waals surface area contributed by atoms with Crippen molar-refractivity contribution in [3.63, 3.8) is 0 Å². The van der Waals surface area contributed by atoms with Crippen molar-refractivity contribution in [1.82, 2.24) is 4.90 Å². The smallest absolute Gasteiger partial charge is 0.159 e. The number of ether oxygens (including phenoxy) is 1. The lowest BCUT2D eigenvalue weighted by Gasteiger charge is -2.35. The van der Waals surface area contributed by atoms with Crippen LogP contribution in [0, 0.1) is 5.82 Å². The summed E-state index contributed by atoms with van der Waals surface area (Å²) in [6.45, 7) is 7.15. The zero-order valence-corrected chi connectivity index (χ0v) is 18.8. The summed E-state index contributed by atoms with van der Waals surface area (Å²) in [4.78, 5) is 16.4. The minimum absolute atomic E-state index is 0.0461. The summed E-state index contributed by atoms with van der Waals surface area (Å²) in [5.74, 6) is 0.646. The Morgan fingerprint density at radius 1 is 1.16 bits per heavy atom. The number of Topliss-reactive ketones (excluding diaryl/α,β-unsaturated/α-hetero) is 1. The van der Waals surface area contributed by atoms with Crippen LogP contribution in [0.5, 0.6) is 5.75 Å². The first kappa shape index (κ1) is 21.6. The van der Waals surface area contributed by atoms with Gasteiger partial charge in [0.1, 0.15) is 11.6 Å². The van der Waals surface area contributed by atoms with Crippen LogP contribution in [0.15, 0.2) is 41.8 Å². The van der Waals surface area contributed by atoms with Crippen molar-refractivity contribution in [2.75, 3.05) is 56.6 Å². The van der Waals surface area contributed by atoms with E-state index in [1.54, 1.807) is 36.5 Å². The quantitative estimate of drug-likeness (QED) is 0.399. The molecule has 1 aliphatic heterocycles. The number of rotatable bonds is 8. The molecule has 3 aromatic rings. The maximum absolute atomic E-state index is 13.4. The molecular formula is C24H28FN3O2S. The molecular weight excluding hydrogens is 413 g/mol. The molecule has 2 aromatic carbocycles. The van der Waals surface area contributed by atoms with Crippen molar-refractivity contribution in [1.29, 1.82) is 0 Å². The summed E-state index contributed by atoms with van der Waals surface area (Å²) in [5.41, 5.74) is 2.74. The fourth-order valence-corrected chi connectivity index (χ4v) is 4.98. The molecule has 5 nitrogen and oxygen atoms in total. The van der Waals surface area contributed by atoms with E-state index >= 15 is 0 Å². The van der Waals surface area contributed by atoms with E-state index in [-0.39, 0.29) is 11.6 Å². The highest BCUT2D eigenvalue weighted by Gasteiger charge is 2.19. The molecule has 2 heterocycles. The number of halogens is 1. The summed E-state index contributed by atoms with van der Waals surface area (Å²) >= 11 is 1.61. The molecule has 0 spiro atoms. The molecule has 1 fully saturated rings. The van der Waals surface area contributed by atoms with E-state index in [2.05, 4.69) is 20.5 Å². The van der Waals surface area contributed by atoms with Gasteiger partial charge in [-0.3, -0.25) is 9.69 Å². The van der Waals surface area contributed by atoms with E-state index in [0.717, 1.165) is 60.7 Å². The maximum atomic E-state index is 13.4. The van der Waals surface area contributed by atoms with Gasteiger partial charge in [0.05, 0.1) is 18.0 Å². The number of hydrogen-bond acceptors (Lipinski definition) is 6. The summed E-state index contributed by atoms with van der Waals surface area (Å²) in [5, 5.41) is 6.39. The Balaban J connectivity index is 1.24. The van der Waals surface area contributed by atoms with Crippen LogP contribution in [-0.2, 0) is 0 Å². The van der Waals surface area contributed by atoms with Crippen LogP contribution in [0.4, 0.5) is 15.8 Å². The molecule has 0 radical (unpaired) electrons. The van der Waals surface area contributed by atoms with E-state index < -0.39 is 0 Å². The molecule has 1 N–H and O–H groups in total. The second-order valence-corrected chi connectivity index (χ2v) is 8.72. The molecule has 0 atom stereocenters. The number of carbonyl (C=O) groups excluding carboxylic acids is 1. The van der Waals surface area contributed by atoms with Crippen molar-refractivity contribution < 1.29 is 13.9 Å². The van der Waals surface area contributed by atoms with Crippen molar-refractivity contribution in [3.8, 4) is 5.75 Å². The van der Waals surface area contributed by atoms with E-state index in [9.17, 15) is 9.18 Å². The number of ketones is 1. The van der Waals surface area contributed by atoms with Crippen LogP contribution in [-0.4, -0.2) is 57.1 Å². The van der Waals surface area contributed by atoms with E-state index in [4.69, 9.17) is 4.74 Å². The van der Waals surface area contributed by atoms with Crippen molar-refractivity contribution in [2.45, 2.75) is 13.3 Å². The number of piperazine rings is 1. The largest absolute Gasteiger partial charge is 0.491 e. The van der Waals surface area contributed by atoms with E-state index in [1.807, 2.05) is 25.2 Å². The Hall–Kier alpha value is -2.64. The summed E-state index contributed by atoms with van der Waals surface area (Å²) in [7, 11) is 1.83. The Morgan fingerprint density at radius 3 is 2.71 bits per heavy atom. The van der Waals surface area contributed by atoms with Crippen LogP contribution >= 0.6 is 11.3 Å². The summed E-state index contributed by atoms with van der Waals surface area (Å²) in [6, 6.07) is 10.6. The molecule has 0 saturated carbocycles. The number of benzene rings is 2. The van der Waals surface area contributed by atoms with Crippen LogP contribution in [0.2, 0.25) is 0 Å². The van der Waals surface area contributed by atoms with Crippen LogP contribution in [0.25, 0.3) is 10.1 Å². The SMILES string of the molecule is CNc1cc(C(C)=O)ccc1OCCCN1CCN(c2csc3cc(F)ccc23)CC1. The molecule has 1 saturated heterocycles. The lowest BCUT2D eigenvalue weighted by atomic mass is 10.1. The summed E-state index contributed by atoms with van der Waals surface area (Å²) in [6.07, 6.45) is 0.943.